The number of anilines is 1. The number of nitrogens with one attached hydrogen (secondary N) is 1. The summed E-state index contributed by atoms with van der Waals surface area (Å²) in [4.78, 5) is 21.7. The summed E-state index contributed by atoms with van der Waals surface area (Å²) in [6, 6.07) is 8.09. The van der Waals surface area contributed by atoms with Gasteiger partial charge in [-0.05, 0) is 18.2 Å². The van der Waals surface area contributed by atoms with Crippen molar-refractivity contribution in [3.05, 3.63) is 69.8 Å². The monoisotopic (exact) mass is 278 g/mol. The lowest BCUT2D eigenvalue weighted by Crippen LogP contribution is -2.15. The van der Waals surface area contributed by atoms with E-state index in [1.54, 1.807) is 0 Å². The van der Waals surface area contributed by atoms with Crippen molar-refractivity contribution in [2.24, 2.45) is 0 Å². The summed E-state index contributed by atoms with van der Waals surface area (Å²) in [6.45, 7) is 0. The van der Waals surface area contributed by atoms with Crippen LogP contribution in [0.1, 0.15) is 10.4 Å². The van der Waals surface area contributed by atoms with Gasteiger partial charge in [0.15, 0.2) is 0 Å². The van der Waals surface area contributed by atoms with Crippen LogP contribution in [0.5, 0.6) is 0 Å². The largest absolute Gasteiger partial charge is 0.322 e. The van der Waals surface area contributed by atoms with Gasteiger partial charge < -0.3 is 5.32 Å². The van der Waals surface area contributed by atoms with Crippen LogP contribution in [0.2, 0.25) is 0 Å². The summed E-state index contributed by atoms with van der Waals surface area (Å²) in [7, 11) is 0. The molecule has 0 aromatic heterocycles. The molecule has 0 saturated carbocycles. The van der Waals surface area contributed by atoms with Crippen LogP contribution in [0.4, 0.5) is 20.2 Å². The second kappa shape index (κ2) is 5.43. The van der Waals surface area contributed by atoms with Crippen LogP contribution >= 0.6 is 0 Å². The third-order valence-corrected chi connectivity index (χ3v) is 2.50. The summed E-state index contributed by atoms with van der Waals surface area (Å²) in [5.41, 5.74) is -0.900. The zero-order valence-electron chi connectivity index (χ0n) is 9.97. The van der Waals surface area contributed by atoms with Crippen LogP contribution in [0.25, 0.3) is 0 Å². The summed E-state index contributed by atoms with van der Waals surface area (Å²) < 4.78 is 26.8. The van der Waals surface area contributed by atoms with Gasteiger partial charge in [0.25, 0.3) is 11.6 Å². The standard InChI is InChI=1S/C13H8F2N2O3/c14-10-5-2-6-11(15)12(10)13(18)16-8-3-1-4-9(7-8)17(19)20/h1-7H,(H,16,18). The molecular formula is C13H8F2N2O3. The first-order valence-electron chi connectivity index (χ1n) is 5.49. The van der Waals surface area contributed by atoms with Gasteiger partial charge in [0.2, 0.25) is 0 Å². The number of non-ortho nitro benzene ring substituents is 1. The number of hydrogen-bond acceptors (Lipinski definition) is 3. The Kier molecular flexibility index (Phi) is 3.69. The summed E-state index contributed by atoms with van der Waals surface area (Å²) in [5.74, 6) is -3.03. The van der Waals surface area contributed by atoms with Crippen LogP contribution in [-0.2, 0) is 0 Å². The third kappa shape index (κ3) is 2.77. The Bertz CT molecular complexity index is 669. The molecular weight excluding hydrogens is 270 g/mol. The first-order chi connectivity index (χ1) is 9.49. The minimum atomic E-state index is -1.01. The zero-order valence-corrected chi connectivity index (χ0v) is 9.97. The number of nitro benzene ring substituents is 1. The molecule has 1 amide bonds. The van der Waals surface area contributed by atoms with Crippen molar-refractivity contribution >= 4 is 17.3 Å². The smallest absolute Gasteiger partial charge is 0.271 e. The summed E-state index contributed by atoms with van der Waals surface area (Å²) in [6.07, 6.45) is 0. The predicted octanol–water partition coefficient (Wildman–Crippen LogP) is 3.13. The van der Waals surface area contributed by atoms with E-state index in [0.29, 0.717) is 0 Å². The number of carbonyl (C=O) groups is 1. The molecule has 2 aromatic rings. The van der Waals surface area contributed by atoms with Gasteiger partial charge in [-0.2, -0.15) is 0 Å². The van der Waals surface area contributed by atoms with Gasteiger partial charge in [-0.3, -0.25) is 14.9 Å². The second-order valence-corrected chi connectivity index (χ2v) is 3.86. The van der Waals surface area contributed by atoms with Crippen LogP contribution in [0.15, 0.2) is 42.5 Å². The molecule has 0 unspecified atom stereocenters. The molecule has 0 atom stereocenters. The van der Waals surface area contributed by atoms with Crippen molar-refractivity contribution in [3.63, 3.8) is 0 Å². The predicted molar refractivity (Wildman–Crippen MR) is 67.4 cm³/mol. The molecule has 1 N–H and O–H groups in total. The third-order valence-electron chi connectivity index (χ3n) is 2.50. The zero-order chi connectivity index (χ0) is 14.7. The fourth-order valence-electron chi connectivity index (χ4n) is 1.61. The van der Waals surface area contributed by atoms with E-state index >= 15 is 0 Å². The van der Waals surface area contributed by atoms with E-state index in [1.165, 1.54) is 18.2 Å². The molecule has 2 rings (SSSR count). The summed E-state index contributed by atoms with van der Waals surface area (Å²) in [5, 5.41) is 12.8. The Morgan fingerprint density at radius 1 is 1.10 bits per heavy atom. The maximum atomic E-state index is 13.4. The molecule has 7 heteroatoms. The molecule has 0 bridgehead atoms. The Balaban J connectivity index is 2.28. The van der Waals surface area contributed by atoms with Gasteiger partial charge in [0.1, 0.15) is 17.2 Å². The Morgan fingerprint density at radius 2 is 1.70 bits per heavy atom. The number of halogens is 2. The molecule has 0 aliphatic heterocycles. The number of carbonyl (C=O) groups excluding carboxylic acids is 1. The van der Waals surface area contributed by atoms with Crippen LogP contribution in [0, 0.1) is 21.7 Å². The van der Waals surface area contributed by atoms with E-state index in [-0.39, 0.29) is 11.4 Å². The molecule has 0 fully saturated rings. The van der Waals surface area contributed by atoms with Crippen LogP contribution in [0.3, 0.4) is 0 Å². The first kappa shape index (κ1) is 13.6. The van der Waals surface area contributed by atoms with Gasteiger partial charge >= 0.3 is 0 Å². The van der Waals surface area contributed by atoms with E-state index in [9.17, 15) is 23.7 Å². The fraction of sp³-hybridized carbons (Fsp3) is 0. The number of hydrogen-bond donors (Lipinski definition) is 1. The van der Waals surface area contributed by atoms with Crippen molar-refractivity contribution < 1.29 is 18.5 Å². The molecule has 2 aromatic carbocycles. The van der Waals surface area contributed by atoms with E-state index in [4.69, 9.17) is 0 Å². The molecule has 0 aliphatic carbocycles. The van der Waals surface area contributed by atoms with E-state index in [1.807, 2.05) is 0 Å². The highest BCUT2D eigenvalue weighted by Gasteiger charge is 2.17. The van der Waals surface area contributed by atoms with Gasteiger partial charge in [0.05, 0.1) is 4.92 Å². The van der Waals surface area contributed by atoms with Gasteiger partial charge in [-0.15, -0.1) is 0 Å². The minimum Gasteiger partial charge on any atom is -0.322 e. The highest BCUT2D eigenvalue weighted by atomic mass is 19.1. The second-order valence-electron chi connectivity index (χ2n) is 3.86. The number of amides is 1. The van der Waals surface area contributed by atoms with Crippen molar-refractivity contribution in [2.75, 3.05) is 5.32 Å². The molecule has 0 spiro atoms. The van der Waals surface area contributed by atoms with Crippen molar-refractivity contribution in [3.8, 4) is 0 Å². The quantitative estimate of drug-likeness (QED) is 0.692. The normalized spacial score (nSPS) is 10.1. The number of rotatable bonds is 3. The Morgan fingerprint density at radius 3 is 2.30 bits per heavy atom. The van der Waals surface area contributed by atoms with E-state index in [2.05, 4.69) is 5.32 Å². The Labute approximate surface area is 112 Å². The lowest BCUT2D eigenvalue weighted by atomic mass is 10.1. The minimum absolute atomic E-state index is 0.0758. The average Bonchev–Trinajstić information content (AvgIpc) is 2.38. The van der Waals surface area contributed by atoms with Crippen LogP contribution < -0.4 is 5.32 Å². The van der Waals surface area contributed by atoms with E-state index in [0.717, 1.165) is 24.3 Å². The van der Waals surface area contributed by atoms with Gasteiger partial charge in [-0.25, -0.2) is 8.78 Å². The lowest BCUT2D eigenvalue weighted by Gasteiger charge is -2.06. The van der Waals surface area contributed by atoms with Crippen molar-refractivity contribution in [1.29, 1.82) is 0 Å². The Hall–Kier alpha value is -2.83. The first-order valence-corrected chi connectivity index (χ1v) is 5.49. The number of benzene rings is 2. The topological polar surface area (TPSA) is 72.2 Å². The highest BCUT2D eigenvalue weighted by Crippen LogP contribution is 2.19. The maximum Gasteiger partial charge on any atom is 0.271 e. The molecule has 102 valence electrons. The molecule has 5 nitrogen and oxygen atoms in total. The number of nitrogens with zero attached hydrogens (tertiary/aromatic N) is 1. The van der Waals surface area contributed by atoms with Gasteiger partial charge in [0, 0.05) is 17.8 Å². The average molecular weight is 278 g/mol. The molecule has 0 radical (unpaired) electrons. The maximum absolute atomic E-state index is 13.4. The summed E-state index contributed by atoms with van der Waals surface area (Å²) >= 11 is 0. The lowest BCUT2D eigenvalue weighted by molar-refractivity contribution is -0.384. The van der Waals surface area contributed by atoms with Gasteiger partial charge in [-0.1, -0.05) is 12.1 Å². The van der Waals surface area contributed by atoms with Crippen LogP contribution in [-0.4, -0.2) is 10.8 Å². The van der Waals surface area contributed by atoms with E-state index < -0.39 is 28.0 Å². The number of nitro groups is 1. The SMILES string of the molecule is O=C(Nc1cccc([N+](=O)[O-])c1)c1c(F)cccc1F. The molecule has 0 saturated heterocycles. The highest BCUT2D eigenvalue weighted by molar-refractivity contribution is 6.04. The van der Waals surface area contributed by atoms with Crippen molar-refractivity contribution in [1.82, 2.24) is 0 Å². The molecule has 20 heavy (non-hydrogen) atoms. The fourth-order valence-corrected chi connectivity index (χ4v) is 1.61. The molecule has 0 aliphatic rings. The van der Waals surface area contributed by atoms with Crippen molar-refractivity contribution in [2.45, 2.75) is 0 Å². The molecule has 0 heterocycles.